The molecule has 2 aliphatic carbocycles. The van der Waals surface area contributed by atoms with E-state index in [2.05, 4.69) is 29.8 Å². The monoisotopic (exact) mass is 465 g/mol. The summed E-state index contributed by atoms with van der Waals surface area (Å²) in [5, 5.41) is 20.0. The number of benzene rings is 1. The lowest BCUT2D eigenvalue weighted by Crippen LogP contribution is -2.59. The normalized spacial score (nSPS) is 32.4. The molecule has 8 heteroatoms. The number of rotatable bonds is 6. The van der Waals surface area contributed by atoms with Crippen molar-refractivity contribution in [1.29, 1.82) is 0 Å². The molecule has 4 N–H and O–H groups in total. The summed E-state index contributed by atoms with van der Waals surface area (Å²) in [6, 6.07) is 2.96. The molecule has 0 heterocycles. The van der Waals surface area contributed by atoms with E-state index < -0.39 is 23.7 Å². The SMILES string of the molecule is CCNC(=O)N[C@H]1CC[C@]2(C)CCC([C@H](C)C(=O)NCc3cc(F)cc(F)c3)[C@H](O)[C@H]2[C@@H]1C. The molecule has 3 rings (SSSR count). The van der Waals surface area contributed by atoms with Crippen molar-refractivity contribution >= 4 is 11.9 Å². The number of urea groups is 1. The van der Waals surface area contributed by atoms with Crippen LogP contribution in [0.1, 0.15) is 58.9 Å². The molecule has 0 aromatic heterocycles. The summed E-state index contributed by atoms with van der Waals surface area (Å²) < 4.78 is 26.8. The summed E-state index contributed by atoms with van der Waals surface area (Å²) in [5.74, 6) is -2.26. The Labute approximate surface area is 194 Å². The lowest BCUT2D eigenvalue weighted by molar-refractivity contribution is -0.142. The van der Waals surface area contributed by atoms with Gasteiger partial charge in [0.05, 0.1) is 6.10 Å². The molecule has 6 nitrogen and oxygen atoms in total. The molecule has 1 unspecified atom stereocenters. The van der Waals surface area contributed by atoms with Crippen LogP contribution >= 0.6 is 0 Å². The molecule has 2 aliphatic rings. The summed E-state index contributed by atoms with van der Waals surface area (Å²) in [4.78, 5) is 24.9. The summed E-state index contributed by atoms with van der Waals surface area (Å²) in [6.07, 6.45) is 2.74. The van der Waals surface area contributed by atoms with Crippen LogP contribution in [0.4, 0.5) is 13.6 Å². The Kier molecular flexibility index (Phi) is 7.98. The maximum atomic E-state index is 13.4. The lowest BCUT2D eigenvalue weighted by atomic mass is 9.52. The minimum Gasteiger partial charge on any atom is -0.392 e. The number of nitrogens with one attached hydrogen (secondary N) is 3. The number of hydrogen-bond donors (Lipinski definition) is 4. The van der Waals surface area contributed by atoms with Crippen LogP contribution in [0.2, 0.25) is 0 Å². The molecule has 1 aromatic rings. The van der Waals surface area contributed by atoms with Crippen LogP contribution in [0.15, 0.2) is 18.2 Å². The quantitative estimate of drug-likeness (QED) is 0.516. The zero-order valence-corrected chi connectivity index (χ0v) is 20.0. The van der Waals surface area contributed by atoms with Gasteiger partial charge in [0.25, 0.3) is 0 Å². The van der Waals surface area contributed by atoms with E-state index in [-0.39, 0.29) is 47.7 Å². The summed E-state index contributed by atoms with van der Waals surface area (Å²) in [5.41, 5.74) is 0.314. The van der Waals surface area contributed by atoms with E-state index in [0.717, 1.165) is 31.7 Å². The second kappa shape index (κ2) is 10.4. The number of amides is 3. The first-order chi connectivity index (χ1) is 15.6. The number of aliphatic hydroxyl groups excluding tert-OH is 1. The van der Waals surface area contributed by atoms with Gasteiger partial charge in [-0.25, -0.2) is 13.6 Å². The third-order valence-electron chi connectivity index (χ3n) is 7.99. The molecular formula is C25H37F2N3O3. The van der Waals surface area contributed by atoms with Gasteiger partial charge in [0.1, 0.15) is 11.6 Å². The molecular weight excluding hydrogens is 428 g/mol. The van der Waals surface area contributed by atoms with Gasteiger partial charge in [0.15, 0.2) is 0 Å². The van der Waals surface area contributed by atoms with Gasteiger partial charge >= 0.3 is 6.03 Å². The van der Waals surface area contributed by atoms with Crippen molar-refractivity contribution in [1.82, 2.24) is 16.0 Å². The average molecular weight is 466 g/mol. The molecule has 0 spiro atoms. The molecule has 2 fully saturated rings. The molecule has 7 atom stereocenters. The molecule has 184 valence electrons. The number of fused-ring (bicyclic) bond motifs is 1. The first-order valence-electron chi connectivity index (χ1n) is 12.0. The highest BCUT2D eigenvalue weighted by Crippen LogP contribution is 2.55. The fraction of sp³-hybridized carbons (Fsp3) is 0.680. The topological polar surface area (TPSA) is 90.5 Å². The van der Waals surface area contributed by atoms with Gasteiger partial charge < -0.3 is 21.1 Å². The Morgan fingerprint density at radius 3 is 2.42 bits per heavy atom. The van der Waals surface area contributed by atoms with Crippen LogP contribution in [0.3, 0.4) is 0 Å². The highest BCUT2D eigenvalue weighted by Gasteiger charge is 2.53. The smallest absolute Gasteiger partial charge is 0.315 e. The highest BCUT2D eigenvalue weighted by atomic mass is 19.1. The van der Waals surface area contributed by atoms with Gasteiger partial charge in [-0.3, -0.25) is 4.79 Å². The molecule has 0 bridgehead atoms. The second-order valence-electron chi connectivity index (χ2n) is 10.2. The molecule has 0 saturated heterocycles. The molecule has 2 saturated carbocycles. The van der Waals surface area contributed by atoms with Crippen molar-refractivity contribution in [3.05, 3.63) is 35.4 Å². The van der Waals surface area contributed by atoms with Crippen molar-refractivity contribution in [2.24, 2.45) is 29.1 Å². The molecule has 0 aliphatic heterocycles. The van der Waals surface area contributed by atoms with E-state index >= 15 is 0 Å². The van der Waals surface area contributed by atoms with E-state index in [1.807, 2.05) is 6.92 Å². The van der Waals surface area contributed by atoms with E-state index in [1.165, 1.54) is 12.1 Å². The number of aliphatic hydroxyl groups is 1. The summed E-state index contributed by atoms with van der Waals surface area (Å²) in [7, 11) is 0. The Balaban J connectivity index is 1.66. The van der Waals surface area contributed by atoms with Crippen molar-refractivity contribution in [3.8, 4) is 0 Å². The third-order valence-corrected chi connectivity index (χ3v) is 7.99. The zero-order valence-electron chi connectivity index (χ0n) is 20.0. The van der Waals surface area contributed by atoms with Crippen molar-refractivity contribution < 1.29 is 23.5 Å². The van der Waals surface area contributed by atoms with E-state index in [9.17, 15) is 23.5 Å². The summed E-state index contributed by atoms with van der Waals surface area (Å²) in [6.45, 7) is 8.53. The third kappa shape index (κ3) is 5.65. The molecule has 0 radical (unpaired) electrons. The Hall–Kier alpha value is -2.22. The highest BCUT2D eigenvalue weighted by molar-refractivity contribution is 5.78. The fourth-order valence-corrected chi connectivity index (χ4v) is 6.14. The van der Waals surface area contributed by atoms with E-state index in [4.69, 9.17) is 0 Å². The number of carbonyl (C=O) groups excluding carboxylic acids is 2. The van der Waals surface area contributed by atoms with Crippen LogP contribution in [0.25, 0.3) is 0 Å². The lowest BCUT2D eigenvalue weighted by Gasteiger charge is -2.56. The minimum atomic E-state index is -0.684. The van der Waals surface area contributed by atoms with E-state index in [1.54, 1.807) is 6.92 Å². The fourth-order valence-electron chi connectivity index (χ4n) is 6.14. The molecule has 3 amide bonds. The van der Waals surface area contributed by atoms with Crippen LogP contribution in [0, 0.1) is 40.7 Å². The molecule has 1 aromatic carbocycles. The van der Waals surface area contributed by atoms with Gasteiger partial charge in [-0.05, 0) is 73.5 Å². The second-order valence-corrected chi connectivity index (χ2v) is 10.2. The van der Waals surface area contributed by atoms with Crippen LogP contribution in [0.5, 0.6) is 0 Å². The first-order valence-corrected chi connectivity index (χ1v) is 12.0. The number of hydrogen-bond acceptors (Lipinski definition) is 3. The standard InChI is InChI=1S/C25H37F2N3O3/c1-5-28-24(33)30-20-7-9-25(4)8-6-19(22(31)21(25)15(20)3)14(2)23(32)29-13-16-10-17(26)12-18(27)11-16/h10-12,14-15,19-22,31H,5-9,13H2,1-4H3,(H,29,32)(H2,28,30,33)/t14-,15+,19?,20-,21+,22-,25-/m0/s1. The number of carbonyl (C=O) groups is 2. The predicted molar refractivity (Wildman–Crippen MR) is 122 cm³/mol. The van der Waals surface area contributed by atoms with Crippen LogP contribution < -0.4 is 16.0 Å². The van der Waals surface area contributed by atoms with Gasteiger partial charge in [-0.1, -0.05) is 20.8 Å². The Morgan fingerprint density at radius 1 is 1.15 bits per heavy atom. The average Bonchev–Trinajstić information content (AvgIpc) is 2.73. The van der Waals surface area contributed by atoms with Gasteiger partial charge in [-0.15, -0.1) is 0 Å². The largest absolute Gasteiger partial charge is 0.392 e. The van der Waals surface area contributed by atoms with Gasteiger partial charge in [-0.2, -0.15) is 0 Å². The van der Waals surface area contributed by atoms with Crippen LogP contribution in [-0.4, -0.2) is 35.7 Å². The van der Waals surface area contributed by atoms with E-state index in [0.29, 0.717) is 12.1 Å². The maximum absolute atomic E-state index is 13.4. The van der Waals surface area contributed by atoms with Crippen molar-refractivity contribution in [2.75, 3.05) is 6.54 Å². The van der Waals surface area contributed by atoms with Crippen molar-refractivity contribution in [3.63, 3.8) is 0 Å². The molecule has 33 heavy (non-hydrogen) atoms. The van der Waals surface area contributed by atoms with Gasteiger partial charge in [0, 0.05) is 31.1 Å². The Bertz CT molecular complexity index is 847. The first kappa shape index (κ1) is 25.4. The minimum absolute atomic E-state index is 0.0246. The Morgan fingerprint density at radius 2 is 1.79 bits per heavy atom. The predicted octanol–water partition coefficient (Wildman–Crippen LogP) is 3.73. The van der Waals surface area contributed by atoms with Gasteiger partial charge in [0.2, 0.25) is 5.91 Å². The maximum Gasteiger partial charge on any atom is 0.315 e. The number of halogens is 2. The van der Waals surface area contributed by atoms with Crippen LogP contribution in [-0.2, 0) is 11.3 Å². The zero-order chi connectivity index (χ0) is 24.3. The summed E-state index contributed by atoms with van der Waals surface area (Å²) >= 11 is 0. The van der Waals surface area contributed by atoms with Crippen molar-refractivity contribution in [2.45, 2.75) is 72.1 Å².